The molecule has 0 bridgehead atoms. The molecule has 0 fully saturated rings. The SMILES string of the molecule is CCOC(=O)Cn1c(=NC(=O)c2ccc(-c3ccccc3)cc2)sc2cccc(F)c21. The van der Waals surface area contributed by atoms with E-state index in [0.717, 1.165) is 22.5 Å². The summed E-state index contributed by atoms with van der Waals surface area (Å²) >= 11 is 1.15. The molecule has 3 aromatic carbocycles. The summed E-state index contributed by atoms with van der Waals surface area (Å²) in [6.45, 7) is 1.68. The standard InChI is InChI=1S/C24H19FN2O3S/c1-2-30-21(28)15-27-22-19(25)9-6-10-20(22)31-24(27)26-23(29)18-13-11-17(12-14-18)16-7-4-3-5-8-16/h3-14H,2,15H2,1H3. The van der Waals surface area contributed by atoms with E-state index >= 15 is 0 Å². The summed E-state index contributed by atoms with van der Waals surface area (Å²) in [5.41, 5.74) is 2.66. The first-order valence-corrected chi connectivity index (χ1v) is 10.6. The number of halogens is 1. The number of para-hydroxylation sites is 1. The number of rotatable bonds is 5. The number of aromatic nitrogens is 1. The fourth-order valence-corrected chi connectivity index (χ4v) is 4.28. The molecule has 156 valence electrons. The molecule has 0 atom stereocenters. The monoisotopic (exact) mass is 434 g/mol. The second-order valence-electron chi connectivity index (χ2n) is 6.72. The smallest absolute Gasteiger partial charge is 0.326 e. The van der Waals surface area contributed by atoms with Gasteiger partial charge in [0.15, 0.2) is 4.80 Å². The van der Waals surface area contributed by atoms with E-state index in [9.17, 15) is 14.0 Å². The number of esters is 1. The molecule has 1 heterocycles. The largest absolute Gasteiger partial charge is 0.465 e. The summed E-state index contributed by atoms with van der Waals surface area (Å²) in [7, 11) is 0. The highest BCUT2D eigenvalue weighted by Crippen LogP contribution is 2.22. The molecule has 0 saturated carbocycles. The minimum atomic E-state index is -0.522. The molecule has 0 radical (unpaired) electrons. The predicted octanol–water partition coefficient (Wildman–Crippen LogP) is 4.81. The lowest BCUT2D eigenvalue weighted by molar-refractivity contribution is -0.143. The molecule has 0 unspecified atom stereocenters. The van der Waals surface area contributed by atoms with Gasteiger partial charge in [-0.1, -0.05) is 59.9 Å². The van der Waals surface area contributed by atoms with E-state index in [1.165, 1.54) is 10.6 Å². The molecule has 1 amide bonds. The zero-order chi connectivity index (χ0) is 21.8. The van der Waals surface area contributed by atoms with E-state index in [4.69, 9.17) is 4.74 Å². The van der Waals surface area contributed by atoms with Crippen molar-refractivity contribution in [2.75, 3.05) is 6.61 Å². The number of carbonyl (C=O) groups is 2. The van der Waals surface area contributed by atoms with Gasteiger partial charge in [-0.3, -0.25) is 9.59 Å². The summed E-state index contributed by atoms with van der Waals surface area (Å²) in [4.78, 5) is 29.3. The van der Waals surface area contributed by atoms with Gasteiger partial charge in [-0.05, 0) is 42.3 Å². The molecule has 0 aliphatic carbocycles. The van der Waals surface area contributed by atoms with Crippen LogP contribution in [-0.2, 0) is 16.1 Å². The Morgan fingerprint density at radius 2 is 1.68 bits per heavy atom. The van der Waals surface area contributed by atoms with Crippen LogP contribution in [0.4, 0.5) is 4.39 Å². The van der Waals surface area contributed by atoms with Crippen molar-refractivity contribution in [3.8, 4) is 11.1 Å². The molecule has 0 saturated heterocycles. The molecule has 0 spiro atoms. The molecule has 1 aromatic heterocycles. The van der Waals surface area contributed by atoms with Gasteiger partial charge in [0, 0.05) is 5.56 Å². The van der Waals surface area contributed by atoms with Crippen molar-refractivity contribution in [1.82, 2.24) is 4.57 Å². The van der Waals surface area contributed by atoms with Crippen LogP contribution in [0.5, 0.6) is 0 Å². The lowest BCUT2D eigenvalue weighted by atomic mass is 10.0. The number of nitrogens with zero attached hydrogens (tertiary/aromatic N) is 2. The van der Waals surface area contributed by atoms with Crippen molar-refractivity contribution in [2.45, 2.75) is 13.5 Å². The maximum absolute atomic E-state index is 14.5. The summed E-state index contributed by atoms with van der Waals surface area (Å²) in [5, 5.41) is 0. The lowest BCUT2D eigenvalue weighted by Crippen LogP contribution is -2.23. The van der Waals surface area contributed by atoms with Crippen molar-refractivity contribution in [3.63, 3.8) is 0 Å². The summed E-state index contributed by atoms with van der Waals surface area (Å²) in [5.74, 6) is -1.48. The Labute approximate surface area is 182 Å². The third-order valence-electron chi connectivity index (χ3n) is 4.68. The van der Waals surface area contributed by atoms with Crippen LogP contribution in [0.1, 0.15) is 17.3 Å². The minimum absolute atomic E-state index is 0.211. The van der Waals surface area contributed by atoms with Crippen LogP contribution in [0, 0.1) is 5.82 Å². The molecule has 5 nitrogen and oxygen atoms in total. The van der Waals surface area contributed by atoms with E-state index in [1.807, 2.05) is 42.5 Å². The van der Waals surface area contributed by atoms with Crippen molar-refractivity contribution >= 4 is 33.4 Å². The van der Waals surface area contributed by atoms with Gasteiger partial charge in [0.1, 0.15) is 12.4 Å². The molecule has 4 rings (SSSR count). The quantitative estimate of drug-likeness (QED) is 0.424. The summed E-state index contributed by atoms with van der Waals surface area (Å²) < 4.78 is 21.5. The van der Waals surface area contributed by atoms with Crippen LogP contribution in [0.15, 0.2) is 77.8 Å². The molecule has 7 heteroatoms. The van der Waals surface area contributed by atoms with Crippen LogP contribution >= 0.6 is 11.3 Å². The van der Waals surface area contributed by atoms with Crippen molar-refractivity contribution < 1.29 is 18.7 Å². The third-order valence-corrected chi connectivity index (χ3v) is 5.72. The van der Waals surface area contributed by atoms with Gasteiger partial charge in [-0.2, -0.15) is 4.99 Å². The van der Waals surface area contributed by atoms with Gasteiger partial charge < -0.3 is 9.30 Å². The maximum atomic E-state index is 14.5. The van der Waals surface area contributed by atoms with Gasteiger partial charge in [-0.25, -0.2) is 4.39 Å². The average Bonchev–Trinajstić information content (AvgIpc) is 3.12. The summed E-state index contributed by atoms with van der Waals surface area (Å²) in [6.07, 6.45) is 0. The topological polar surface area (TPSA) is 60.7 Å². The maximum Gasteiger partial charge on any atom is 0.326 e. The van der Waals surface area contributed by atoms with E-state index in [2.05, 4.69) is 4.99 Å². The number of hydrogen-bond acceptors (Lipinski definition) is 4. The molecule has 4 aromatic rings. The van der Waals surface area contributed by atoms with Crippen LogP contribution in [0.25, 0.3) is 21.3 Å². The second-order valence-corrected chi connectivity index (χ2v) is 7.73. The Balaban J connectivity index is 1.72. The number of ether oxygens (including phenoxy) is 1. The van der Waals surface area contributed by atoms with Crippen LogP contribution < -0.4 is 4.80 Å². The van der Waals surface area contributed by atoms with Crippen LogP contribution in [-0.4, -0.2) is 23.1 Å². The molecule has 0 aliphatic heterocycles. The number of thiazole rings is 1. The van der Waals surface area contributed by atoms with Gasteiger partial charge in [0.2, 0.25) is 0 Å². The Bertz CT molecular complexity index is 1310. The number of hydrogen-bond donors (Lipinski definition) is 0. The second kappa shape index (κ2) is 9.06. The van der Waals surface area contributed by atoms with Gasteiger partial charge in [0.25, 0.3) is 5.91 Å². The number of fused-ring (bicyclic) bond motifs is 1. The molecular formula is C24H19FN2O3S. The van der Waals surface area contributed by atoms with Gasteiger partial charge in [-0.15, -0.1) is 0 Å². The first-order valence-electron chi connectivity index (χ1n) is 9.75. The fourth-order valence-electron chi connectivity index (χ4n) is 3.24. The Kier molecular flexibility index (Phi) is 6.04. The molecule has 31 heavy (non-hydrogen) atoms. The predicted molar refractivity (Wildman–Crippen MR) is 118 cm³/mol. The van der Waals surface area contributed by atoms with Gasteiger partial charge >= 0.3 is 5.97 Å². The zero-order valence-corrected chi connectivity index (χ0v) is 17.6. The molecular weight excluding hydrogens is 415 g/mol. The highest BCUT2D eigenvalue weighted by molar-refractivity contribution is 7.16. The Morgan fingerprint density at radius 3 is 2.39 bits per heavy atom. The van der Waals surface area contributed by atoms with E-state index < -0.39 is 17.7 Å². The van der Waals surface area contributed by atoms with Crippen LogP contribution in [0.3, 0.4) is 0 Å². The van der Waals surface area contributed by atoms with E-state index in [0.29, 0.717) is 10.3 Å². The van der Waals surface area contributed by atoms with E-state index in [-0.39, 0.29) is 23.5 Å². The first-order chi connectivity index (χ1) is 15.1. The van der Waals surface area contributed by atoms with Crippen molar-refractivity contribution in [3.05, 3.63) is 89.0 Å². The number of benzene rings is 3. The molecule has 0 N–H and O–H groups in total. The average molecular weight is 434 g/mol. The molecule has 0 aliphatic rings. The minimum Gasteiger partial charge on any atom is -0.465 e. The summed E-state index contributed by atoms with van der Waals surface area (Å²) in [6, 6.07) is 21.6. The number of amides is 1. The highest BCUT2D eigenvalue weighted by atomic mass is 32.1. The fraction of sp³-hybridized carbons (Fsp3) is 0.125. The Morgan fingerprint density at radius 1 is 0.968 bits per heavy atom. The van der Waals surface area contributed by atoms with E-state index in [1.54, 1.807) is 31.2 Å². The van der Waals surface area contributed by atoms with Crippen molar-refractivity contribution in [1.29, 1.82) is 0 Å². The normalized spacial score (nSPS) is 11.6. The van der Waals surface area contributed by atoms with Crippen molar-refractivity contribution in [2.24, 2.45) is 4.99 Å². The van der Waals surface area contributed by atoms with Crippen LogP contribution in [0.2, 0.25) is 0 Å². The van der Waals surface area contributed by atoms with Gasteiger partial charge in [0.05, 0.1) is 16.8 Å². The first kappa shape index (κ1) is 20.7. The zero-order valence-electron chi connectivity index (χ0n) is 16.7. The third kappa shape index (κ3) is 4.46. The number of carbonyl (C=O) groups excluding carboxylic acids is 2. The Hall–Kier alpha value is -3.58. The highest BCUT2D eigenvalue weighted by Gasteiger charge is 2.15. The lowest BCUT2D eigenvalue weighted by Gasteiger charge is -2.06.